The van der Waals surface area contributed by atoms with E-state index in [4.69, 9.17) is 0 Å². The summed E-state index contributed by atoms with van der Waals surface area (Å²) < 4.78 is 24.9. The molecule has 1 saturated heterocycles. The van der Waals surface area contributed by atoms with Crippen LogP contribution < -0.4 is 0 Å². The maximum atomic E-state index is 11.6. The summed E-state index contributed by atoms with van der Waals surface area (Å²) in [6.45, 7) is 7.22. The Morgan fingerprint density at radius 2 is 2.07 bits per heavy atom. The topological polar surface area (TPSA) is 37.4 Å². The zero-order valence-electron chi connectivity index (χ0n) is 9.73. The molecule has 1 unspecified atom stereocenters. The summed E-state index contributed by atoms with van der Waals surface area (Å²) in [5.74, 6) is 0.683. The fraction of sp³-hybridized carbons (Fsp3) is 1.00. The number of hydrogen-bond acceptors (Lipinski definition) is 3. The summed E-state index contributed by atoms with van der Waals surface area (Å²) >= 11 is 4.49. The van der Waals surface area contributed by atoms with Crippen molar-refractivity contribution in [1.82, 2.24) is 4.31 Å². The maximum Gasteiger partial charge on any atom is 0.213 e. The Labute approximate surface area is 98.7 Å². The first-order valence-corrected chi connectivity index (χ1v) is 7.50. The molecule has 0 saturated carbocycles. The molecule has 0 aromatic heterocycles. The molecule has 90 valence electrons. The highest BCUT2D eigenvalue weighted by Gasteiger charge is 2.32. The minimum Gasteiger partial charge on any atom is -0.212 e. The fourth-order valence-corrected chi connectivity index (χ4v) is 3.55. The minimum atomic E-state index is -2.98. The highest BCUT2D eigenvalue weighted by Crippen LogP contribution is 2.30. The number of thiol groups is 1. The molecule has 0 spiro atoms. The quantitative estimate of drug-likeness (QED) is 0.773. The van der Waals surface area contributed by atoms with E-state index in [1.165, 1.54) is 0 Å². The first kappa shape index (κ1) is 13.3. The standard InChI is InChI=1S/C10H21NO2S2/c1-4-15(12,13)11-6-5-9(8-11)7-10(2,3)14/h9,14H,4-8H2,1-3H3. The summed E-state index contributed by atoms with van der Waals surface area (Å²) in [6, 6.07) is 0. The van der Waals surface area contributed by atoms with Crippen molar-refractivity contribution in [2.45, 2.75) is 38.4 Å². The molecule has 1 atom stereocenters. The normalized spacial score (nSPS) is 24.7. The lowest BCUT2D eigenvalue weighted by atomic mass is 9.96. The second-order valence-corrected chi connectivity index (χ2v) is 8.40. The van der Waals surface area contributed by atoms with Crippen molar-refractivity contribution in [3.63, 3.8) is 0 Å². The zero-order valence-corrected chi connectivity index (χ0v) is 11.4. The Morgan fingerprint density at radius 3 is 2.53 bits per heavy atom. The summed E-state index contributed by atoms with van der Waals surface area (Å²) in [7, 11) is -2.98. The Kier molecular flexibility index (Phi) is 4.12. The van der Waals surface area contributed by atoms with Crippen LogP contribution in [0.15, 0.2) is 0 Å². The van der Waals surface area contributed by atoms with Crippen LogP contribution in [0, 0.1) is 5.92 Å². The van der Waals surface area contributed by atoms with E-state index in [9.17, 15) is 8.42 Å². The van der Waals surface area contributed by atoms with E-state index in [2.05, 4.69) is 26.5 Å². The lowest BCUT2D eigenvalue weighted by Gasteiger charge is -2.22. The van der Waals surface area contributed by atoms with Gasteiger partial charge in [-0.1, -0.05) is 13.8 Å². The zero-order chi connectivity index (χ0) is 11.7. The van der Waals surface area contributed by atoms with Gasteiger partial charge in [0.2, 0.25) is 10.0 Å². The monoisotopic (exact) mass is 251 g/mol. The van der Waals surface area contributed by atoms with Gasteiger partial charge < -0.3 is 0 Å². The van der Waals surface area contributed by atoms with Gasteiger partial charge in [0.1, 0.15) is 0 Å². The van der Waals surface area contributed by atoms with E-state index in [0.717, 1.165) is 12.8 Å². The van der Waals surface area contributed by atoms with E-state index >= 15 is 0 Å². The lowest BCUT2D eigenvalue weighted by molar-refractivity contribution is 0.425. The predicted molar refractivity (Wildman–Crippen MR) is 66.8 cm³/mol. The predicted octanol–water partition coefficient (Wildman–Crippen LogP) is 1.76. The Balaban J connectivity index is 2.54. The second kappa shape index (κ2) is 4.63. The molecule has 0 aliphatic carbocycles. The molecule has 0 N–H and O–H groups in total. The van der Waals surface area contributed by atoms with Crippen molar-refractivity contribution in [2.75, 3.05) is 18.8 Å². The number of hydrogen-bond donors (Lipinski definition) is 1. The van der Waals surface area contributed by atoms with Gasteiger partial charge in [-0.3, -0.25) is 0 Å². The summed E-state index contributed by atoms with van der Waals surface area (Å²) in [5.41, 5.74) is 0. The third-order valence-corrected chi connectivity index (χ3v) is 4.83. The molecule has 1 rings (SSSR count). The van der Waals surface area contributed by atoms with Crippen LogP contribution in [0.2, 0.25) is 0 Å². The van der Waals surface area contributed by atoms with Gasteiger partial charge in [0.25, 0.3) is 0 Å². The number of sulfonamides is 1. The second-order valence-electron chi connectivity index (χ2n) is 4.93. The van der Waals surface area contributed by atoms with Crippen LogP contribution in [0.5, 0.6) is 0 Å². The van der Waals surface area contributed by atoms with Crippen molar-refractivity contribution in [3.05, 3.63) is 0 Å². The van der Waals surface area contributed by atoms with Crippen molar-refractivity contribution < 1.29 is 8.42 Å². The van der Waals surface area contributed by atoms with E-state index in [1.807, 2.05) is 0 Å². The van der Waals surface area contributed by atoms with Gasteiger partial charge >= 0.3 is 0 Å². The van der Waals surface area contributed by atoms with Crippen LogP contribution in [0.1, 0.15) is 33.6 Å². The molecule has 5 heteroatoms. The smallest absolute Gasteiger partial charge is 0.212 e. The highest BCUT2D eigenvalue weighted by atomic mass is 32.2. The Morgan fingerprint density at radius 1 is 1.47 bits per heavy atom. The van der Waals surface area contributed by atoms with Gasteiger partial charge in [-0.25, -0.2) is 12.7 Å². The van der Waals surface area contributed by atoms with Crippen molar-refractivity contribution in [2.24, 2.45) is 5.92 Å². The van der Waals surface area contributed by atoms with Crippen LogP contribution in [-0.2, 0) is 10.0 Å². The van der Waals surface area contributed by atoms with Gasteiger partial charge in [-0.05, 0) is 25.7 Å². The van der Waals surface area contributed by atoms with Crippen LogP contribution >= 0.6 is 12.6 Å². The van der Waals surface area contributed by atoms with Crippen LogP contribution in [0.25, 0.3) is 0 Å². The SMILES string of the molecule is CCS(=O)(=O)N1CCC(CC(C)(C)S)C1. The molecule has 0 radical (unpaired) electrons. The van der Waals surface area contributed by atoms with E-state index in [-0.39, 0.29) is 10.5 Å². The summed E-state index contributed by atoms with van der Waals surface area (Å²) in [5, 5.41) is 0. The molecule has 0 amide bonds. The summed E-state index contributed by atoms with van der Waals surface area (Å²) in [6.07, 6.45) is 1.95. The Bertz CT molecular complexity index is 306. The minimum absolute atomic E-state index is 0.00332. The van der Waals surface area contributed by atoms with Crippen molar-refractivity contribution >= 4 is 22.7 Å². The third-order valence-electron chi connectivity index (χ3n) is 2.79. The van der Waals surface area contributed by atoms with Gasteiger partial charge in [-0.15, -0.1) is 0 Å². The first-order valence-electron chi connectivity index (χ1n) is 5.45. The van der Waals surface area contributed by atoms with Crippen molar-refractivity contribution in [3.8, 4) is 0 Å². The van der Waals surface area contributed by atoms with Crippen LogP contribution in [-0.4, -0.2) is 36.3 Å². The number of rotatable bonds is 4. The molecule has 1 aliphatic heterocycles. The summed E-state index contributed by atoms with van der Waals surface area (Å²) in [4.78, 5) is 0. The molecule has 0 bridgehead atoms. The van der Waals surface area contributed by atoms with Gasteiger partial charge in [-0.2, -0.15) is 12.6 Å². The lowest BCUT2D eigenvalue weighted by Crippen LogP contribution is -2.30. The molecular formula is C10H21NO2S2. The maximum absolute atomic E-state index is 11.6. The molecule has 0 aromatic carbocycles. The first-order chi connectivity index (χ1) is 6.74. The molecule has 3 nitrogen and oxygen atoms in total. The van der Waals surface area contributed by atoms with Crippen LogP contribution in [0.3, 0.4) is 0 Å². The molecular weight excluding hydrogens is 230 g/mol. The highest BCUT2D eigenvalue weighted by molar-refractivity contribution is 7.89. The molecule has 0 aromatic rings. The van der Waals surface area contributed by atoms with E-state index in [1.54, 1.807) is 11.2 Å². The Hall–Kier alpha value is 0.260. The average Bonchev–Trinajstić information content (AvgIpc) is 2.50. The van der Waals surface area contributed by atoms with Gasteiger partial charge in [0, 0.05) is 17.8 Å². The van der Waals surface area contributed by atoms with E-state index in [0.29, 0.717) is 19.0 Å². The largest absolute Gasteiger partial charge is 0.213 e. The number of nitrogens with zero attached hydrogens (tertiary/aromatic N) is 1. The fourth-order valence-electron chi connectivity index (χ4n) is 2.11. The van der Waals surface area contributed by atoms with Gasteiger partial charge in [0.05, 0.1) is 5.75 Å². The molecule has 15 heavy (non-hydrogen) atoms. The van der Waals surface area contributed by atoms with Crippen molar-refractivity contribution in [1.29, 1.82) is 0 Å². The molecule has 1 aliphatic rings. The third kappa shape index (κ3) is 3.96. The molecule has 1 fully saturated rings. The van der Waals surface area contributed by atoms with Crippen LogP contribution in [0.4, 0.5) is 0 Å². The van der Waals surface area contributed by atoms with E-state index < -0.39 is 10.0 Å². The average molecular weight is 251 g/mol. The van der Waals surface area contributed by atoms with Gasteiger partial charge in [0.15, 0.2) is 0 Å². The molecule has 1 heterocycles.